The summed E-state index contributed by atoms with van der Waals surface area (Å²) in [6.07, 6.45) is 1.05. The number of hydrogen-bond donors (Lipinski definition) is 2. The fourth-order valence-corrected chi connectivity index (χ4v) is 2.37. The van der Waals surface area contributed by atoms with Gasteiger partial charge in [-0.1, -0.05) is 49.0 Å². The molecule has 0 aromatic heterocycles. The zero-order chi connectivity index (χ0) is 18.1. The lowest BCUT2D eigenvalue weighted by molar-refractivity contribution is -0.119. The minimum absolute atomic E-state index is 0.123. The molecular formula is C20H22N2O2S. The van der Waals surface area contributed by atoms with Gasteiger partial charge in [0.05, 0.1) is 5.69 Å². The number of carbonyl (C=O) groups excluding carboxylic acids is 1. The Morgan fingerprint density at radius 1 is 1.12 bits per heavy atom. The number of ether oxygens (including phenoxy) is 1. The highest BCUT2D eigenvalue weighted by Crippen LogP contribution is 2.24. The van der Waals surface area contributed by atoms with Crippen molar-refractivity contribution in [1.82, 2.24) is 5.32 Å². The van der Waals surface area contributed by atoms with Gasteiger partial charge in [-0.25, -0.2) is 0 Å². The second-order valence-electron chi connectivity index (χ2n) is 5.73. The molecule has 0 saturated heterocycles. The van der Waals surface area contributed by atoms with Crippen molar-refractivity contribution < 1.29 is 9.53 Å². The molecule has 0 atom stereocenters. The first-order chi connectivity index (χ1) is 12.0. The molecule has 2 aromatic rings. The predicted octanol–water partition coefficient (Wildman–Crippen LogP) is 4.09. The fourth-order valence-electron chi connectivity index (χ4n) is 2.14. The molecule has 2 rings (SSSR count). The Morgan fingerprint density at radius 2 is 1.80 bits per heavy atom. The van der Waals surface area contributed by atoms with E-state index in [9.17, 15) is 4.79 Å². The number of aryl methyl sites for hydroxylation is 1. The zero-order valence-corrected chi connectivity index (χ0v) is 15.1. The molecule has 0 aliphatic carbocycles. The summed E-state index contributed by atoms with van der Waals surface area (Å²) in [5, 5.41) is 5.96. The average Bonchev–Trinajstić information content (AvgIpc) is 2.60. The highest BCUT2D eigenvalue weighted by atomic mass is 32.1. The minimum Gasteiger partial charge on any atom is -0.487 e. The number of carbonyl (C=O) groups is 1. The lowest BCUT2D eigenvalue weighted by atomic mass is 10.1. The standard InChI is InChI=1S/C20H22N2O2S/c1-15(2)14-24-18-11-7-6-10-17(18)21-20(25)22-19(23)13-12-16-8-4-3-5-9-16/h3-11H,1,12-14H2,2H3,(H2,21,22,23,25). The second-order valence-corrected chi connectivity index (χ2v) is 6.14. The molecule has 0 fully saturated rings. The molecule has 0 aliphatic rings. The van der Waals surface area contributed by atoms with Gasteiger partial charge in [0.15, 0.2) is 5.11 Å². The second kappa shape index (κ2) is 9.59. The van der Waals surface area contributed by atoms with E-state index in [0.717, 1.165) is 11.1 Å². The van der Waals surface area contributed by atoms with E-state index in [-0.39, 0.29) is 11.0 Å². The summed E-state index contributed by atoms with van der Waals surface area (Å²) >= 11 is 5.22. The number of thiocarbonyl (C=S) groups is 1. The van der Waals surface area contributed by atoms with Crippen LogP contribution in [-0.4, -0.2) is 17.6 Å². The number of hydrogen-bond acceptors (Lipinski definition) is 3. The summed E-state index contributed by atoms with van der Waals surface area (Å²) < 4.78 is 5.68. The maximum atomic E-state index is 12.0. The molecule has 25 heavy (non-hydrogen) atoms. The summed E-state index contributed by atoms with van der Waals surface area (Å²) in [5.41, 5.74) is 2.75. The van der Waals surface area contributed by atoms with E-state index < -0.39 is 0 Å². The van der Waals surface area contributed by atoms with Crippen LogP contribution in [0.2, 0.25) is 0 Å². The van der Waals surface area contributed by atoms with Gasteiger partial charge < -0.3 is 15.4 Å². The van der Waals surface area contributed by atoms with E-state index in [1.54, 1.807) is 0 Å². The van der Waals surface area contributed by atoms with Crippen LogP contribution in [0.5, 0.6) is 5.75 Å². The number of para-hydroxylation sites is 2. The number of amides is 1. The van der Waals surface area contributed by atoms with Gasteiger partial charge in [0.2, 0.25) is 5.91 Å². The third-order valence-electron chi connectivity index (χ3n) is 3.35. The highest BCUT2D eigenvalue weighted by Gasteiger charge is 2.08. The molecule has 5 heteroatoms. The SMILES string of the molecule is C=C(C)COc1ccccc1NC(=S)NC(=O)CCc1ccccc1. The van der Waals surface area contributed by atoms with E-state index in [1.807, 2.05) is 61.5 Å². The third kappa shape index (κ3) is 6.77. The Labute approximate surface area is 153 Å². The highest BCUT2D eigenvalue weighted by molar-refractivity contribution is 7.80. The Morgan fingerprint density at radius 3 is 2.52 bits per heavy atom. The van der Waals surface area contributed by atoms with Crippen molar-refractivity contribution in [1.29, 1.82) is 0 Å². The molecule has 0 heterocycles. The van der Waals surface area contributed by atoms with Crippen molar-refractivity contribution in [2.45, 2.75) is 19.8 Å². The van der Waals surface area contributed by atoms with Gasteiger partial charge in [-0.3, -0.25) is 4.79 Å². The van der Waals surface area contributed by atoms with Crippen LogP contribution < -0.4 is 15.4 Å². The predicted molar refractivity (Wildman–Crippen MR) is 106 cm³/mol. The Hall–Kier alpha value is -2.66. The van der Waals surface area contributed by atoms with Crippen LogP contribution in [0, 0.1) is 0 Å². The molecule has 0 radical (unpaired) electrons. The topological polar surface area (TPSA) is 50.4 Å². The van der Waals surface area contributed by atoms with Gasteiger partial charge in [-0.05, 0) is 48.8 Å². The molecule has 2 N–H and O–H groups in total. The van der Waals surface area contributed by atoms with Crippen LogP contribution in [0.4, 0.5) is 5.69 Å². The summed E-state index contributed by atoms with van der Waals surface area (Å²) in [5.74, 6) is 0.535. The summed E-state index contributed by atoms with van der Waals surface area (Å²) in [6, 6.07) is 17.3. The van der Waals surface area contributed by atoms with Crippen molar-refractivity contribution in [3.8, 4) is 5.75 Å². The molecular weight excluding hydrogens is 332 g/mol. The maximum absolute atomic E-state index is 12.0. The third-order valence-corrected chi connectivity index (χ3v) is 3.55. The number of rotatable bonds is 7. The largest absolute Gasteiger partial charge is 0.487 e. The van der Waals surface area contributed by atoms with Gasteiger partial charge in [-0.15, -0.1) is 0 Å². The van der Waals surface area contributed by atoms with Gasteiger partial charge in [-0.2, -0.15) is 0 Å². The smallest absolute Gasteiger partial charge is 0.226 e. The first-order valence-corrected chi connectivity index (χ1v) is 8.46. The Balaban J connectivity index is 1.85. The van der Waals surface area contributed by atoms with Crippen molar-refractivity contribution >= 4 is 28.9 Å². The first-order valence-electron chi connectivity index (χ1n) is 8.05. The van der Waals surface area contributed by atoms with E-state index in [0.29, 0.717) is 30.9 Å². The van der Waals surface area contributed by atoms with Crippen LogP contribution in [0.15, 0.2) is 66.7 Å². The number of benzene rings is 2. The quantitative estimate of drug-likeness (QED) is 0.581. The first kappa shape index (κ1) is 18.7. The number of nitrogens with one attached hydrogen (secondary N) is 2. The Bertz CT molecular complexity index is 744. The minimum atomic E-state index is -0.123. The van der Waals surface area contributed by atoms with E-state index in [1.165, 1.54) is 0 Å². The van der Waals surface area contributed by atoms with Gasteiger partial charge in [0.1, 0.15) is 12.4 Å². The molecule has 0 aliphatic heterocycles. The molecule has 130 valence electrons. The molecule has 4 nitrogen and oxygen atoms in total. The molecule has 2 aromatic carbocycles. The van der Waals surface area contributed by atoms with Gasteiger partial charge >= 0.3 is 0 Å². The summed E-state index contributed by atoms with van der Waals surface area (Å²) in [4.78, 5) is 12.0. The maximum Gasteiger partial charge on any atom is 0.226 e. The molecule has 0 saturated carbocycles. The zero-order valence-electron chi connectivity index (χ0n) is 14.2. The van der Waals surface area contributed by atoms with Gasteiger partial charge in [0.25, 0.3) is 0 Å². The van der Waals surface area contributed by atoms with E-state index in [2.05, 4.69) is 17.2 Å². The van der Waals surface area contributed by atoms with Crippen molar-refractivity contribution in [2.24, 2.45) is 0 Å². The lowest BCUT2D eigenvalue weighted by Gasteiger charge is -2.14. The normalized spacial score (nSPS) is 9.96. The van der Waals surface area contributed by atoms with Crippen molar-refractivity contribution in [3.63, 3.8) is 0 Å². The van der Waals surface area contributed by atoms with Crippen molar-refractivity contribution in [3.05, 3.63) is 72.3 Å². The average molecular weight is 354 g/mol. The molecule has 0 bridgehead atoms. The van der Waals surface area contributed by atoms with Crippen LogP contribution in [0.25, 0.3) is 0 Å². The monoisotopic (exact) mass is 354 g/mol. The summed E-state index contributed by atoms with van der Waals surface area (Å²) in [6.45, 7) is 6.14. The number of anilines is 1. The van der Waals surface area contributed by atoms with Crippen LogP contribution in [-0.2, 0) is 11.2 Å². The van der Waals surface area contributed by atoms with Crippen LogP contribution in [0.1, 0.15) is 18.9 Å². The molecule has 0 unspecified atom stereocenters. The van der Waals surface area contributed by atoms with Crippen molar-refractivity contribution in [2.75, 3.05) is 11.9 Å². The van der Waals surface area contributed by atoms with Crippen LogP contribution in [0.3, 0.4) is 0 Å². The molecule has 1 amide bonds. The van der Waals surface area contributed by atoms with Gasteiger partial charge in [0, 0.05) is 6.42 Å². The molecule has 0 spiro atoms. The fraction of sp³-hybridized carbons (Fsp3) is 0.200. The lowest BCUT2D eigenvalue weighted by Crippen LogP contribution is -2.34. The van der Waals surface area contributed by atoms with E-state index in [4.69, 9.17) is 17.0 Å². The van der Waals surface area contributed by atoms with E-state index >= 15 is 0 Å². The van der Waals surface area contributed by atoms with Crippen LogP contribution >= 0.6 is 12.2 Å². The Kier molecular flexibility index (Phi) is 7.16. The summed E-state index contributed by atoms with van der Waals surface area (Å²) in [7, 11) is 0.